The average molecular weight is 315 g/mol. The van der Waals surface area contributed by atoms with Gasteiger partial charge in [0, 0.05) is 12.6 Å². The van der Waals surface area contributed by atoms with E-state index in [9.17, 15) is 18.5 Å². The Kier molecular flexibility index (Phi) is 4.28. The molecule has 0 saturated carbocycles. The van der Waals surface area contributed by atoms with Crippen molar-refractivity contribution in [2.24, 2.45) is 5.73 Å². The third-order valence-electron chi connectivity index (χ3n) is 3.47. The molecule has 116 valence electrons. The van der Waals surface area contributed by atoms with Gasteiger partial charge >= 0.3 is 0 Å². The Hall–Kier alpha value is -1.55. The van der Waals surface area contributed by atoms with Crippen LogP contribution in [0.2, 0.25) is 0 Å². The van der Waals surface area contributed by atoms with Crippen LogP contribution in [0.4, 0.5) is 5.69 Å². The lowest BCUT2D eigenvalue weighted by molar-refractivity contribution is -0.387. The zero-order valence-corrected chi connectivity index (χ0v) is 12.6. The van der Waals surface area contributed by atoms with Crippen molar-refractivity contribution in [3.05, 3.63) is 33.4 Å². The van der Waals surface area contributed by atoms with Gasteiger partial charge in [-0.1, -0.05) is 0 Å². The Labute approximate surface area is 122 Å². The summed E-state index contributed by atoms with van der Waals surface area (Å²) in [6, 6.07) is 2.60. The fraction of sp³-hybridized carbons (Fsp3) is 0.500. The van der Waals surface area contributed by atoms with Crippen molar-refractivity contribution in [3.8, 4) is 0 Å². The van der Waals surface area contributed by atoms with E-state index in [1.807, 2.05) is 0 Å². The number of nitro groups is 1. The van der Waals surface area contributed by atoms with Gasteiger partial charge in [0.15, 0.2) is 4.90 Å². The van der Waals surface area contributed by atoms with Gasteiger partial charge in [-0.2, -0.15) is 4.31 Å². The number of ether oxygens (including phenoxy) is 1. The lowest BCUT2D eigenvalue weighted by Crippen LogP contribution is -2.53. The van der Waals surface area contributed by atoms with E-state index >= 15 is 0 Å². The number of hydrogen-bond acceptors (Lipinski definition) is 6. The summed E-state index contributed by atoms with van der Waals surface area (Å²) in [6.07, 6.45) is -0.843. The summed E-state index contributed by atoms with van der Waals surface area (Å²) in [5.41, 5.74) is 6.64. The number of nitro benzene ring substituents is 1. The Morgan fingerprint density at radius 2 is 2.00 bits per heavy atom. The molecule has 1 aliphatic heterocycles. The second kappa shape index (κ2) is 5.68. The molecule has 1 fully saturated rings. The van der Waals surface area contributed by atoms with Crippen molar-refractivity contribution in [1.29, 1.82) is 0 Å². The fourth-order valence-corrected chi connectivity index (χ4v) is 3.86. The minimum Gasteiger partial charge on any atom is -0.377 e. The third kappa shape index (κ3) is 2.91. The molecule has 1 saturated heterocycles. The Morgan fingerprint density at radius 3 is 2.57 bits per heavy atom. The molecule has 1 aliphatic rings. The van der Waals surface area contributed by atoms with Gasteiger partial charge in [0.1, 0.15) is 0 Å². The molecule has 0 bridgehead atoms. The van der Waals surface area contributed by atoms with Crippen LogP contribution in [0.5, 0.6) is 0 Å². The number of benzene rings is 1. The van der Waals surface area contributed by atoms with Crippen LogP contribution >= 0.6 is 0 Å². The first kappa shape index (κ1) is 15.8. The highest BCUT2D eigenvalue weighted by Crippen LogP contribution is 2.30. The van der Waals surface area contributed by atoms with Crippen molar-refractivity contribution in [1.82, 2.24) is 4.31 Å². The third-order valence-corrected chi connectivity index (χ3v) is 5.43. The Morgan fingerprint density at radius 1 is 1.38 bits per heavy atom. The molecular formula is C12H17N3O5S. The molecule has 21 heavy (non-hydrogen) atoms. The summed E-state index contributed by atoms with van der Waals surface area (Å²) in [5, 5.41) is 11.2. The van der Waals surface area contributed by atoms with E-state index in [0.717, 1.165) is 4.31 Å². The number of hydrogen-bond donors (Lipinski definition) is 1. The second-order valence-corrected chi connectivity index (χ2v) is 6.78. The Balaban J connectivity index is 2.58. The van der Waals surface area contributed by atoms with Crippen LogP contribution in [0.25, 0.3) is 0 Å². The predicted octanol–water partition coefficient (Wildman–Crippen LogP) is 0.517. The van der Waals surface area contributed by atoms with E-state index in [1.54, 1.807) is 13.8 Å². The van der Waals surface area contributed by atoms with Gasteiger partial charge in [0.05, 0.1) is 24.3 Å². The average Bonchev–Trinajstić information content (AvgIpc) is 2.41. The molecule has 8 nitrogen and oxygen atoms in total. The first-order chi connectivity index (χ1) is 9.75. The van der Waals surface area contributed by atoms with Crippen molar-refractivity contribution in [2.45, 2.75) is 24.9 Å². The smallest absolute Gasteiger partial charge is 0.289 e. The summed E-state index contributed by atoms with van der Waals surface area (Å²) in [4.78, 5) is 10.1. The number of nitrogens with two attached hydrogens (primary N) is 1. The van der Waals surface area contributed by atoms with Crippen LogP contribution in [0, 0.1) is 24.0 Å². The van der Waals surface area contributed by atoms with Crippen molar-refractivity contribution < 1.29 is 18.1 Å². The highest BCUT2D eigenvalue weighted by atomic mass is 32.2. The maximum absolute atomic E-state index is 12.7. The summed E-state index contributed by atoms with van der Waals surface area (Å²) in [7, 11) is -4.04. The van der Waals surface area contributed by atoms with Crippen LogP contribution in [0.3, 0.4) is 0 Å². The molecule has 2 N–H and O–H groups in total. The zero-order valence-electron chi connectivity index (χ0n) is 11.8. The topological polar surface area (TPSA) is 116 Å². The maximum atomic E-state index is 12.7. The quantitative estimate of drug-likeness (QED) is 0.642. The SMILES string of the molecule is Cc1cc([N+](=O)[O-])c(S(=O)(=O)N2CCOCC2N)cc1C. The minimum atomic E-state index is -4.04. The van der Waals surface area contributed by atoms with Crippen molar-refractivity contribution >= 4 is 15.7 Å². The first-order valence-corrected chi connectivity index (χ1v) is 7.80. The van der Waals surface area contributed by atoms with Crippen molar-refractivity contribution in [3.63, 3.8) is 0 Å². The van der Waals surface area contributed by atoms with E-state index in [0.29, 0.717) is 11.1 Å². The maximum Gasteiger partial charge on any atom is 0.289 e. The lowest BCUT2D eigenvalue weighted by Gasteiger charge is -2.31. The van der Waals surface area contributed by atoms with Crippen LogP contribution in [0.15, 0.2) is 17.0 Å². The van der Waals surface area contributed by atoms with Crippen molar-refractivity contribution in [2.75, 3.05) is 19.8 Å². The van der Waals surface area contributed by atoms with Gasteiger partial charge in [-0.25, -0.2) is 8.42 Å². The number of morpholine rings is 1. The highest BCUT2D eigenvalue weighted by Gasteiger charge is 2.36. The summed E-state index contributed by atoms with van der Waals surface area (Å²) < 4.78 is 31.5. The van der Waals surface area contributed by atoms with Gasteiger partial charge in [-0.05, 0) is 31.0 Å². The summed E-state index contributed by atoms with van der Waals surface area (Å²) >= 11 is 0. The van der Waals surface area contributed by atoms with Gasteiger partial charge in [-0.3, -0.25) is 10.1 Å². The van der Waals surface area contributed by atoms with Gasteiger partial charge in [0.25, 0.3) is 15.7 Å². The molecule has 1 atom stereocenters. The lowest BCUT2D eigenvalue weighted by atomic mass is 10.1. The number of nitrogens with zero attached hydrogens (tertiary/aromatic N) is 2. The number of rotatable bonds is 3. The molecule has 2 rings (SSSR count). The van der Waals surface area contributed by atoms with E-state index in [2.05, 4.69) is 0 Å². The number of aryl methyl sites for hydroxylation is 2. The summed E-state index contributed by atoms with van der Waals surface area (Å²) in [6.45, 7) is 3.76. The van der Waals surface area contributed by atoms with Crippen LogP contribution in [-0.4, -0.2) is 43.6 Å². The molecular weight excluding hydrogens is 298 g/mol. The largest absolute Gasteiger partial charge is 0.377 e. The van der Waals surface area contributed by atoms with Gasteiger partial charge < -0.3 is 10.5 Å². The molecule has 1 heterocycles. The standard InChI is InChI=1S/C12H17N3O5S/c1-8-5-10(15(16)17)11(6-9(8)2)21(18,19)14-3-4-20-7-12(14)13/h5-6,12H,3-4,7,13H2,1-2H3. The van der Waals surface area contributed by atoms with E-state index < -0.39 is 26.8 Å². The molecule has 0 amide bonds. The molecule has 1 aromatic carbocycles. The normalized spacial score (nSPS) is 20.4. The van der Waals surface area contributed by atoms with Crippen LogP contribution in [0.1, 0.15) is 11.1 Å². The zero-order chi connectivity index (χ0) is 15.8. The summed E-state index contributed by atoms with van der Waals surface area (Å²) in [5.74, 6) is 0. The van der Waals surface area contributed by atoms with E-state index in [4.69, 9.17) is 10.5 Å². The molecule has 0 aliphatic carbocycles. The fourth-order valence-electron chi connectivity index (χ4n) is 2.16. The van der Waals surface area contributed by atoms with E-state index in [-0.39, 0.29) is 24.7 Å². The molecule has 0 spiro atoms. The molecule has 0 radical (unpaired) electrons. The second-order valence-electron chi connectivity index (χ2n) is 4.92. The molecule has 1 aromatic rings. The van der Waals surface area contributed by atoms with Crippen LogP contribution in [-0.2, 0) is 14.8 Å². The first-order valence-electron chi connectivity index (χ1n) is 6.36. The van der Waals surface area contributed by atoms with Gasteiger partial charge in [-0.15, -0.1) is 0 Å². The number of sulfonamides is 1. The monoisotopic (exact) mass is 315 g/mol. The minimum absolute atomic E-state index is 0.0673. The molecule has 0 aromatic heterocycles. The molecule has 9 heteroatoms. The van der Waals surface area contributed by atoms with Crippen LogP contribution < -0.4 is 5.73 Å². The molecule has 1 unspecified atom stereocenters. The van der Waals surface area contributed by atoms with Gasteiger partial charge in [0.2, 0.25) is 0 Å². The van der Waals surface area contributed by atoms with E-state index in [1.165, 1.54) is 12.1 Å². The predicted molar refractivity (Wildman–Crippen MR) is 75.3 cm³/mol. The highest BCUT2D eigenvalue weighted by molar-refractivity contribution is 7.89. The Bertz CT molecular complexity index is 674.